The van der Waals surface area contributed by atoms with Crippen LogP contribution in [0.5, 0.6) is 0 Å². The van der Waals surface area contributed by atoms with Gasteiger partial charge in [-0.3, -0.25) is 4.79 Å². The third kappa shape index (κ3) is 1.16. The maximum atomic E-state index is 11.0. The lowest BCUT2D eigenvalue weighted by Crippen LogP contribution is -2.27. The summed E-state index contributed by atoms with van der Waals surface area (Å²) in [7, 11) is 0. The van der Waals surface area contributed by atoms with Gasteiger partial charge in [0, 0.05) is 12.5 Å². The second kappa shape index (κ2) is 2.96. The van der Waals surface area contributed by atoms with Crippen molar-refractivity contribution in [1.82, 2.24) is 0 Å². The number of ether oxygens (including phenoxy) is 1. The van der Waals surface area contributed by atoms with Crippen molar-refractivity contribution in [2.75, 3.05) is 6.61 Å². The molecule has 74 valence electrons. The van der Waals surface area contributed by atoms with E-state index in [0.717, 1.165) is 0 Å². The Hall–Kier alpha value is -0.610. The summed E-state index contributed by atoms with van der Waals surface area (Å²) >= 11 is 0. The zero-order valence-electron chi connectivity index (χ0n) is 7.51. The molecule has 0 aromatic rings. The van der Waals surface area contributed by atoms with Crippen LogP contribution in [-0.2, 0) is 9.53 Å². The molecule has 13 heavy (non-hydrogen) atoms. The van der Waals surface area contributed by atoms with Crippen molar-refractivity contribution in [1.29, 1.82) is 0 Å². The van der Waals surface area contributed by atoms with Crippen molar-refractivity contribution in [3.63, 3.8) is 0 Å². The first-order chi connectivity index (χ1) is 6.15. The molecule has 2 rings (SSSR count). The summed E-state index contributed by atoms with van der Waals surface area (Å²) in [6.45, 7) is 1.91. The second-order valence-electron chi connectivity index (χ2n) is 4.02. The summed E-state index contributed by atoms with van der Waals surface area (Å²) in [4.78, 5) is 11.0. The molecule has 0 aromatic heterocycles. The number of aliphatic hydroxyl groups excluding tert-OH is 2. The molecule has 4 nitrogen and oxygen atoms in total. The van der Waals surface area contributed by atoms with Crippen LogP contribution in [-0.4, -0.2) is 35.0 Å². The van der Waals surface area contributed by atoms with Gasteiger partial charge in [-0.25, -0.2) is 0 Å². The Morgan fingerprint density at radius 1 is 1.62 bits per heavy atom. The number of aliphatic hydroxyl groups is 2. The van der Waals surface area contributed by atoms with Crippen molar-refractivity contribution in [2.24, 2.45) is 17.8 Å². The molecule has 0 bridgehead atoms. The molecule has 0 unspecified atom stereocenters. The molecule has 1 aliphatic carbocycles. The highest BCUT2D eigenvalue weighted by Gasteiger charge is 2.53. The van der Waals surface area contributed by atoms with Crippen molar-refractivity contribution >= 4 is 5.97 Å². The third-order valence-corrected chi connectivity index (χ3v) is 3.40. The molecule has 1 saturated carbocycles. The van der Waals surface area contributed by atoms with Crippen LogP contribution in [0.4, 0.5) is 0 Å². The lowest BCUT2D eigenvalue weighted by Gasteiger charge is -2.17. The van der Waals surface area contributed by atoms with Crippen molar-refractivity contribution in [3.8, 4) is 0 Å². The van der Waals surface area contributed by atoms with E-state index in [1.165, 1.54) is 0 Å². The summed E-state index contributed by atoms with van der Waals surface area (Å²) in [5.41, 5.74) is 0. The fraction of sp³-hybridized carbons (Fsp3) is 0.889. The van der Waals surface area contributed by atoms with E-state index in [-0.39, 0.29) is 36.4 Å². The van der Waals surface area contributed by atoms with Crippen LogP contribution >= 0.6 is 0 Å². The Bertz CT molecular complexity index is 228. The fourth-order valence-electron chi connectivity index (χ4n) is 2.56. The van der Waals surface area contributed by atoms with Gasteiger partial charge in [-0.1, -0.05) is 6.92 Å². The van der Waals surface area contributed by atoms with Crippen LogP contribution in [0.2, 0.25) is 0 Å². The molecule has 0 radical (unpaired) electrons. The number of carbonyl (C=O) groups is 1. The van der Waals surface area contributed by atoms with E-state index in [1.54, 1.807) is 0 Å². The Kier molecular flexibility index (Phi) is 2.04. The number of rotatable bonds is 1. The van der Waals surface area contributed by atoms with Crippen LogP contribution in [0.1, 0.15) is 13.3 Å². The summed E-state index contributed by atoms with van der Waals surface area (Å²) in [6, 6.07) is 0. The molecular weight excluding hydrogens is 172 g/mol. The minimum absolute atomic E-state index is 0.00597. The highest BCUT2D eigenvalue weighted by molar-refractivity contribution is 5.72. The van der Waals surface area contributed by atoms with Crippen molar-refractivity contribution < 1.29 is 19.7 Å². The van der Waals surface area contributed by atoms with E-state index in [0.29, 0.717) is 6.42 Å². The number of carbonyl (C=O) groups excluding carboxylic acids is 1. The molecule has 1 aliphatic heterocycles. The number of hydrogen-bond acceptors (Lipinski definition) is 4. The first-order valence-corrected chi connectivity index (χ1v) is 4.63. The molecule has 5 atom stereocenters. The van der Waals surface area contributed by atoms with Gasteiger partial charge in [0.15, 0.2) is 0 Å². The highest BCUT2D eigenvalue weighted by atomic mass is 16.6. The van der Waals surface area contributed by atoms with Crippen LogP contribution < -0.4 is 0 Å². The zero-order chi connectivity index (χ0) is 9.59. The Labute approximate surface area is 76.5 Å². The topological polar surface area (TPSA) is 66.8 Å². The molecule has 0 amide bonds. The van der Waals surface area contributed by atoms with Crippen LogP contribution in [0.3, 0.4) is 0 Å². The normalized spacial score (nSPS) is 49.2. The fourth-order valence-corrected chi connectivity index (χ4v) is 2.56. The molecule has 2 fully saturated rings. The Morgan fingerprint density at radius 3 is 2.92 bits per heavy atom. The summed E-state index contributed by atoms with van der Waals surface area (Å²) in [5, 5.41) is 18.8. The first-order valence-electron chi connectivity index (χ1n) is 4.63. The number of esters is 1. The molecule has 4 heteroatoms. The minimum Gasteiger partial charge on any atom is -0.459 e. The quantitative estimate of drug-likeness (QED) is 0.544. The Morgan fingerprint density at radius 2 is 2.31 bits per heavy atom. The van der Waals surface area contributed by atoms with Gasteiger partial charge in [0.25, 0.3) is 0 Å². The lowest BCUT2D eigenvalue weighted by atomic mass is 9.89. The lowest BCUT2D eigenvalue weighted by molar-refractivity contribution is -0.145. The first kappa shape index (κ1) is 8.97. The van der Waals surface area contributed by atoms with Crippen LogP contribution in [0, 0.1) is 17.8 Å². The molecule has 0 spiro atoms. The highest BCUT2D eigenvalue weighted by Crippen LogP contribution is 2.44. The molecular formula is C9H14O4. The van der Waals surface area contributed by atoms with E-state index >= 15 is 0 Å². The second-order valence-corrected chi connectivity index (χ2v) is 4.02. The SMILES string of the molecule is C[C@H]1[C@H](O)[C@@H]2OC(=O)C[C@@H]2[C@@H]1CO. The monoisotopic (exact) mass is 186 g/mol. The Balaban J connectivity index is 2.19. The smallest absolute Gasteiger partial charge is 0.306 e. The summed E-state index contributed by atoms with van der Waals surface area (Å²) < 4.78 is 5.00. The molecule has 2 aliphatic rings. The predicted molar refractivity (Wildman–Crippen MR) is 43.7 cm³/mol. The average Bonchev–Trinajstić information content (AvgIpc) is 2.54. The minimum atomic E-state index is -0.603. The van der Waals surface area contributed by atoms with Crippen molar-refractivity contribution in [2.45, 2.75) is 25.6 Å². The van der Waals surface area contributed by atoms with E-state index in [9.17, 15) is 9.90 Å². The van der Waals surface area contributed by atoms with Gasteiger partial charge < -0.3 is 14.9 Å². The molecule has 1 heterocycles. The molecule has 1 saturated heterocycles. The van der Waals surface area contributed by atoms with Crippen molar-refractivity contribution in [3.05, 3.63) is 0 Å². The average molecular weight is 186 g/mol. The van der Waals surface area contributed by atoms with Gasteiger partial charge in [-0.05, 0) is 11.8 Å². The van der Waals surface area contributed by atoms with Gasteiger partial charge in [-0.15, -0.1) is 0 Å². The maximum absolute atomic E-state index is 11.0. The largest absolute Gasteiger partial charge is 0.459 e. The predicted octanol–water partition coefficient (Wildman–Crippen LogP) is -0.463. The van der Waals surface area contributed by atoms with Gasteiger partial charge >= 0.3 is 5.97 Å². The van der Waals surface area contributed by atoms with Crippen LogP contribution in [0.25, 0.3) is 0 Å². The van der Waals surface area contributed by atoms with Crippen LogP contribution in [0.15, 0.2) is 0 Å². The number of fused-ring (bicyclic) bond motifs is 1. The van der Waals surface area contributed by atoms with Gasteiger partial charge in [-0.2, -0.15) is 0 Å². The van der Waals surface area contributed by atoms with E-state index in [2.05, 4.69) is 0 Å². The van der Waals surface area contributed by atoms with E-state index in [1.807, 2.05) is 6.92 Å². The summed E-state index contributed by atoms with van der Waals surface area (Å²) in [5.74, 6) is -0.207. The third-order valence-electron chi connectivity index (χ3n) is 3.40. The van der Waals surface area contributed by atoms with E-state index < -0.39 is 6.10 Å². The zero-order valence-corrected chi connectivity index (χ0v) is 7.51. The standard InChI is InChI=1S/C9H14O4/c1-4-6(3-10)5-2-7(11)13-9(5)8(4)12/h4-6,8-10,12H,2-3H2,1H3/t4-,5-,6-,8+,9-/m1/s1. The summed E-state index contributed by atoms with van der Waals surface area (Å²) in [6.07, 6.45) is -0.634. The van der Waals surface area contributed by atoms with Gasteiger partial charge in [0.05, 0.1) is 12.5 Å². The molecule has 2 N–H and O–H groups in total. The number of hydrogen-bond donors (Lipinski definition) is 2. The van der Waals surface area contributed by atoms with E-state index in [4.69, 9.17) is 9.84 Å². The van der Waals surface area contributed by atoms with Gasteiger partial charge in [0.2, 0.25) is 0 Å². The maximum Gasteiger partial charge on any atom is 0.306 e. The molecule has 0 aromatic carbocycles. The van der Waals surface area contributed by atoms with Gasteiger partial charge in [0.1, 0.15) is 6.10 Å².